The van der Waals surface area contributed by atoms with Crippen molar-refractivity contribution in [3.8, 4) is 0 Å². The van der Waals surface area contributed by atoms with Gasteiger partial charge in [-0.25, -0.2) is 4.39 Å². The van der Waals surface area contributed by atoms with Crippen molar-refractivity contribution >= 4 is 39.3 Å². The highest BCUT2D eigenvalue weighted by atomic mass is 79.9. The van der Waals surface area contributed by atoms with Gasteiger partial charge in [0, 0.05) is 15.1 Å². The molecule has 0 aromatic heterocycles. The number of nitrogens with one attached hydrogen (secondary N) is 2. The van der Waals surface area contributed by atoms with Gasteiger partial charge in [0.25, 0.3) is 11.8 Å². The van der Waals surface area contributed by atoms with E-state index in [1.807, 2.05) is 0 Å². The fourth-order valence-corrected chi connectivity index (χ4v) is 2.18. The van der Waals surface area contributed by atoms with Gasteiger partial charge in [0.15, 0.2) is 0 Å². The molecule has 0 heterocycles. The van der Waals surface area contributed by atoms with E-state index in [4.69, 9.17) is 11.6 Å². The maximum Gasteiger partial charge on any atom is 0.270 e. The van der Waals surface area contributed by atoms with Gasteiger partial charge >= 0.3 is 0 Å². The number of hydrogen-bond donors (Lipinski definition) is 2. The van der Waals surface area contributed by atoms with Gasteiger partial charge in [-0.3, -0.25) is 20.4 Å². The second-order valence-corrected chi connectivity index (χ2v) is 5.33. The number of benzene rings is 2. The quantitative estimate of drug-likeness (QED) is 0.796. The standard InChI is InChI=1S/C14H9BrClFN2O2/c15-12-7-10(17)5-6-11(12)14(21)19-18-13(20)8-1-3-9(16)4-2-8/h1-7H,(H,18,20)(H,19,21). The number of carbonyl (C=O) groups is 2. The van der Waals surface area contributed by atoms with E-state index < -0.39 is 17.6 Å². The van der Waals surface area contributed by atoms with Crippen LogP contribution < -0.4 is 10.9 Å². The van der Waals surface area contributed by atoms with E-state index in [0.29, 0.717) is 15.1 Å². The number of amides is 2. The van der Waals surface area contributed by atoms with Gasteiger partial charge in [0.1, 0.15) is 5.82 Å². The topological polar surface area (TPSA) is 58.2 Å². The molecule has 0 saturated heterocycles. The molecule has 7 heteroatoms. The van der Waals surface area contributed by atoms with Crippen LogP contribution in [0.1, 0.15) is 20.7 Å². The molecule has 0 radical (unpaired) electrons. The summed E-state index contributed by atoms with van der Waals surface area (Å²) in [5.74, 6) is -1.52. The van der Waals surface area contributed by atoms with Crippen molar-refractivity contribution in [3.05, 3.63) is 68.9 Å². The molecule has 2 aromatic rings. The van der Waals surface area contributed by atoms with E-state index in [-0.39, 0.29) is 5.56 Å². The van der Waals surface area contributed by atoms with Crippen LogP contribution in [0.25, 0.3) is 0 Å². The summed E-state index contributed by atoms with van der Waals surface area (Å²) in [6.07, 6.45) is 0. The molecule has 0 atom stereocenters. The third kappa shape index (κ3) is 4.03. The second kappa shape index (κ2) is 6.69. The number of halogens is 3. The Labute approximate surface area is 133 Å². The van der Waals surface area contributed by atoms with E-state index in [9.17, 15) is 14.0 Å². The summed E-state index contributed by atoms with van der Waals surface area (Å²) in [6, 6.07) is 9.80. The second-order valence-electron chi connectivity index (χ2n) is 4.04. The predicted molar refractivity (Wildman–Crippen MR) is 80.5 cm³/mol. The lowest BCUT2D eigenvalue weighted by Gasteiger charge is -2.08. The van der Waals surface area contributed by atoms with E-state index in [0.717, 1.165) is 12.1 Å². The first-order valence-corrected chi connectivity index (χ1v) is 6.96. The Morgan fingerprint density at radius 1 is 1.00 bits per heavy atom. The fourth-order valence-electron chi connectivity index (χ4n) is 1.53. The molecule has 0 fully saturated rings. The molecule has 2 amide bonds. The largest absolute Gasteiger partial charge is 0.270 e. The number of rotatable bonds is 2. The maximum absolute atomic E-state index is 12.9. The average molecular weight is 372 g/mol. The third-order valence-electron chi connectivity index (χ3n) is 2.57. The highest BCUT2D eigenvalue weighted by Crippen LogP contribution is 2.17. The lowest BCUT2D eigenvalue weighted by Crippen LogP contribution is -2.41. The molecule has 108 valence electrons. The summed E-state index contributed by atoms with van der Waals surface area (Å²) in [7, 11) is 0. The molecule has 0 aliphatic rings. The number of hydrogen-bond acceptors (Lipinski definition) is 2. The molecule has 21 heavy (non-hydrogen) atoms. The third-order valence-corrected chi connectivity index (χ3v) is 3.48. The molecular weight excluding hydrogens is 363 g/mol. The minimum atomic E-state index is -0.566. The molecule has 0 unspecified atom stereocenters. The van der Waals surface area contributed by atoms with Crippen molar-refractivity contribution in [2.75, 3.05) is 0 Å². The molecule has 0 bridgehead atoms. The summed E-state index contributed by atoms with van der Waals surface area (Å²) < 4.78 is 13.2. The number of carbonyl (C=O) groups excluding carboxylic acids is 2. The van der Waals surface area contributed by atoms with Crippen LogP contribution in [0.3, 0.4) is 0 Å². The first-order valence-electron chi connectivity index (χ1n) is 5.78. The zero-order chi connectivity index (χ0) is 15.4. The lowest BCUT2D eigenvalue weighted by atomic mass is 10.2. The zero-order valence-electron chi connectivity index (χ0n) is 10.5. The van der Waals surface area contributed by atoms with Crippen molar-refractivity contribution in [1.29, 1.82) is 0 Å². The van der Waals surface area contributed by atoms with Crippen molar-refractivity contribution < 1.29 is 14.0 Å². The van der Waals surface area contributed by atoms with Crippen LogP contribution in [0.4, 0.5) is 4.39 Å². The molecule has 4 nitrogen and oxygen atoms in total. The Bertz CT molecular complexity index is 692. The van der Waals surface area contributed by atoms with Crippen LogP contribution in [0, 0.1) is 5.82 Å². The molecule has 2 rings (SSSR count). The first kappa shape index (κ1) is 15.5. The van der Waals surface area contributed by atoms with Crippen molar-refractivity contribution in [2.24, 2.45) is 0 Å². The van der Waals surface area contributed by atoms with Gasteiger partial charge in [0.05, 0.1) is 5.56 Å². The molecule has 2 aromatic carbocycles. The highest BCUT2D eigenvalue weighted by molar-refractivity contribution is 9.10. The summed E-state index contributed by atoms with van der Waals surface area (Å²) in [4.78, 5) is 23.7. The van der Waals surface area contributed by atoms with Gasteiger partial charge in [0.2, 0.25) is 0 Å². The Morgan fingerprint density at radius 3 is 2.24 bits per heavy atom. The predicted octanol–water partition coefficient (Wildman–Crippen LogP) is 3.32. The maximum atomic E-state index is 12.9. The molecule has 0 saturated carbocycles. The summed E-state index contributed by atoms with van der Waals surface area (Å²) in [5.41, 5.74) is 5.06. The van der Waals surface area contributed by atoms with Gasteiger partial charge in [-0.15, -0.1) is 0 Å². The number of hydrazine groups is 1. The Morgan fingerprint density at radius 2 is 1.62 bits per heavy atom. The summed E-state index contributed by atoms with van der Waals surface area (Å²) in [6.45, 7) is 0. The van der Waals surface area contributed by atoms with Crippen molar-refractivity contribution in [1.82, 2.24) is 10.9 Å². The fraction of sp³-hybridized carbons (Fsp3) is 0. The first-order chi connectivity index (χ1) is 9.97. The monoisotopic (exact) mass is 370 g/mol. The minimum Gasteiger partial charge on any atom is -0.267 e. The SMILES string of the molecule is O=C(NNC(=O)c1ccc(F)cc1Br)c1ccc(Cl)cc1. The molecule has 0 spiro atoms. The van der Waals surface area contributed by atoms with Crippen LogP contribution in [-0.2, 0) is 0 Å². The van der Waals surface area contributed by atoms with E-state index in [2.05, 4.69) is 26.8 Å². The Kier molecular flexibility index (Phi) is 4.93. The average Bonchev–Trinajstić information content (AvgIpc) is 2.45. The van der Waals surface area contributed by atoms with E-state index in [1.54, 1.807) is 12.1 Å². The van der Waals surface area contributed by atoms with E-state index >= 15 is 0 Å². The van der Waals surface area contributed by atoms with Gasteiger partial charge in [-0.05, 0) is 58.4 Å². The molecular formula is C14H9BrClFN2O2. The van der Waals surface area contributed by atoms with Crippen LogP contribution in [0.2, 0.25) is 5.02 Å². The molecule has 0 aliphatic carbocycles. The highest BCUT2D eigenvalue weighted by Gasteiger charge is 2.12. The van der Waals surface area contributed by atoms with Crippen LogP contribution in [0.5, 0.6) is 0 Å². The van der Waals surface area contributed by atoms with Crippen LogP contribution in [-0.4, -0.2) is 11.8 Å². The smallest absolute Gasteiger partial charge is 0.267 e. The lowest BCUT2D eigenvalue weighted by molar-refractivity contribution is 0.0846. The summed E-state index contributed by atoms with van der Waals surface area (Å²) >= 11 is 8.80. The normalized spacial score (nSPS) is 10.0. The van der Waals surface area contributed by atoms with Gasteiger partial charge < -0.3 is 0 Å². The van der Waals surface area contributed by atoms with Crippen LogP contribution >= 0.6 is 27.5 Å². The molecule has 2 N–H and O–H groups in total. The van der Waals surface area contributed by atoms with Gasteiger partial charge in [-0.2, -0.15) is 0 Å². The minimum absolute atomic E-state index is 0.202. The van der Waals surface area contributed by atoms with Crippen LogP contribution in [0.15, 0.2) is 46.9 Å². The Balaban J connectivity index is 2.00. The Hall–Kier alpha value is -1.92. The van der Waals surface area contributed by atoms with Gasteiger partial charge in [-0.1, -0.05) is 11.6 Å². The van der Waals surface area contributed by atoms with Crippen molar-refractivity contribution in [2.45, 2.75) is 0 Å². The molecule has 0 aliphatic heterocycles. The zero-order valence-corrected chi connectivity index (χ0v) is 12.8. The summed E-state index contributed by atoms with van der Waals surface area (Å²) in [5, 5.41) is 0.505. The van der Waals surface area contributed by atoms with Crippen molar-refractivity contribution in [3.63, 3.8) is 0 Å². The van der Waals surface area contributed by atoms with E-state index in [1.165, 1.54) is 18.2 Å².